The van der Waals surface area contributed by atoms with E-state index in [1.54, 1.807) is 19.2 Å². The predicted octanol–water partition coefficient (Wildman–Crippen LogP) is 3.79. The van der Waals surface area contributed by atoms with Crippen LogP contribution in [0.25, 0.3) is 5.65 Å². The molecule has 0 fully saturated rings. The maximum absolute atomic E-state index is 12.3. The van der Waals surface area contributed by atoms with Crippen LogP contribution in [0.3, 0.4) is 0 Å². The third-order valence-corrected chi connectivity index (χ3v) is 4.19. The lowest BCUT2D eigenvalue weighted by Crippen LogP contribution is -2.21. The fourth-order valence-electron chi connectivity index (χ4n) is 2.28. The predicted molar refractivity (Wildman–Crippen MR) is 98.1 cm³/mol. The van der Waals surface area contributed by atoms with Gasteiger partial charge in [0.2, 0.25) is 0 Å². The largest absolute Gasteiger partial charge is 0.452 e. The number of nitrogens with one attached hydrogen (secondary N) is 1. The molecule has 0 spiro atoms. The molecule has 7 nitrogen and oxygen atoms in total. The Labute approximate surface area is 162 Å². The molecule has 26 heavy (non-hydrogen) atoms. The molecular weight excluding hydrogens is 403 g/mol. The Morgan fingerprint density at radius 2 is 1.92 bits per heavy atom. The van der Waals surface area contributed by atoms with Gasteiger partial charge in [0.05, 0.1) is 21.4 Å². The molecule has 0 radical (unpaired) electrons. The van der Waals surface area contributed by atoms with Crippen LogP contribution in [0.4, 0.5) is 5.69 Å². The number of aromatic nitrogens is 3. The minimum absolute atomic E-state index is 0.171. The van der Waals surface area contributed by atoms with Crippen LogP contribution in [-0.2, 0) is 9.53 Å². The van der Waals surface area contributed by atoms with Gasteiger partial charge in [-0.05, 0) is 25.1 Å². The maximum Gasteiger partial charge on any atom is 0.344 e. The number of rotatable bonds is 4. The van der Waals surface area contributed by atoms with Crippen molar-refractivity contribution in [3.63, 3.8) is 0 Å². The van der Waals surface area contributed by atoms with Crippen LogP contribution >= 0.6 is 34.8 Å². The standard InChI is InChI=1S/C16H11Cl3N4O3/c1-8-13(15-20-3-2-4-23(15)22-8)16(25)26-7-12(24)21-14-10(18)5-9(17)6-11(14)19/h2-6H,7H2,1H3,(H,21,24). The van der Waals surface area contributed by atoms with Gasteiger partial charge >= 0.3 is 5.97 Å². The summed E-state index contributed by atoms with van der Waals surface area (Å²) in [4.78, 5) is 28.5. The first-order valence-electron chi connectivity index (χ1n) is 7.28. The van der Waals surface area contributed by atoms with Crippen LogP contribution in [0, 0.1) is 6.92 Å². The zero-order valence-corrected chi connectivity index (χ0v) is 15.6. The van der Waals surface area contributed by atoms with Crippen LogP contribution in [-0.4, -0.2) is 33.1 Å². The molecule has 134 valence electrons. The first kappa shape index (κ1) is 18.4. The number of carbonyl (C=O) groups is 2. The van der Waals surface area contributed by atoms with E-state index in [1.165, 1.54) is 22.8 Å². The Morgan fingerprint density at radius 1 is 1.23 bits per heavy atom. The highest BCUT2D eigenvalue weighted by Gasteiger charge is 2.21. The number of nitrogens with zero attached hydrogens (tertiary/aromatic N) is 3. The highest BCUT2D eigenvalue weighted by Crippen LogP contribution is 2.33. The summed E-state index contributed by atoms with van der Waals surface area (Å²) in [6, 6.07) is 4.55. The van der Waals surface area contributed by atoms with Crippen molar-refractivity contribution in [1.29, 1.82) is 0 Å². The molecule has 2 heterocycles. The molecule has 1 N–H and O–H groups in total. The zero-order chi connectivity index (χ0) is 18.8. The van der Waals surface area contributed by atoms with Gasteiger partial charge in [-0.25, -0.2) is 14.3 Å². The molecule has 10 heteroatoms. The summed E-state index contributed by atoms with van der Waals surface area (Å²) in [6.45, 7) is 1.12. The highest BCUT2D eigenvalue weighted by molar-refractivity contribution is 6.42. The van der Waals surface area contributed by atoms with E-state index < -0.39 is 18.5 Å². The lowest BCUT2D eigenvalue weighted by molar-refractivity contribution is -0.119. The van der Waals surface area contributed by atoms with Gasteiger partial charge in [-0.3, -0.25) is 4.79 Å². The van der Waals surface area contributed by atoms with Gasteiger partial charge in [-0.2, -0.15) is 5.10 Å². The summed E-state index contributed by atoms with van der Waals surface area (Å²) in [7, 11) is 0. The average molecular weight is 414 g/mol. The van der Waals surface area contributed by atoms with E-state index in [4.69, 9.17) is 39.5 Å². The second-order valence-electron chi connectivity index (χ2n) is 5.22. The number of hydrogen-bond acceptors (Lipinski definition) is 5. The Bertz CT molecular complexity index is 996. The average Bonchev–Trinajstić information content (AvgIpc) is 2.91. The quantitative estimate of drug-likeness (QED) is 0.658. The first-order chi connectivity index (χ1) is 12.4. The Kier molecular flexibility index (Phi) is 5.31. The Morgan fingerprint density at radius 3 is 2.62 bits per heavy atom. The number of fused-ring (bicyclic) bond motifs is 1. The molecule has 1 aromatic carbocycles. The summed E-state index contributed by atoms with van der Waals surface area (Å²) in [5, 5.41) is 7.32. The molecule has 1 amide bonds. The number of benzene rings is 1. The minimum Gasteiger partial charge on any atom is -0.452 e. The van der Waals surface area contributed by atoms with E-state index in [-0.39, 0.29) is 21.3 Å². The van der Waals surface area contributed by atoms with E-state index in [2.05, 4.69) is 15.4 Å². The number of amides is 1. The summed E-state index contributed by atoms with van der Waals surface area (Å²) in [6.07, 6.45) is 3.19. The van der Waals surface area contributed by atoms with Crippen molar-refractivity contribution in [2.45, 2.75) is 6.92 Å². The summed E-state index contributed by atoms with van der Waals surface area (Å²) in [5.74, 6) is -1.31. The van der Waals surface area contributed by atoms with Crippen molar-refractivity contribution in [2.75, 3.05) is 11.9 Å². The number of esters is 1. The number of carbonyl (C=O) groups excluding carboxylic acids is 2. The molecule has 0 aliphatic rings. The van der Waals surface area contributed by atoms with E-state index in [0.717, 1.165) is 0 Å². The van der Waals surface area contributed by atoms with Gasteiger partial charge in [0.1, 0.15) is 5.56 Å². The lowest BCUT2D eigenvalue weighted by atomic mass is 10.2. The van der Waals surface area contributed by atoms with Crippen LogP contribution in [0.5, 0.6) is 0 Å². The molecule has 0 atom stereocenters. The maximum atomic E-state index is 12.3. The fourth-order valence-corrected chi connectivity index (χ4v) is 3.19. The Balaban J connectivity index is 1.70. The fraction of sp³-hybridized carbons (Fsp3) is 0.125. The topological polar surface area (TPSA) is 85.6 Å². The van der Waals surface area contributed by atoms with Crippen LogP contribution in [0.15, 0.2) is 30.6 Å². The third-order valence-electron chi connectivity index (χ3n) is 3.38. The van der Waals surface area contributed by atoms with Crippen molar-refractivity contribution >= 4 is 58.0 Å². The lowest BCUT2D eigenvalue weighted by Gasteiger charge is -2.10. The van der Waals surface area contributed by atoms with Gasteiger partial charge in [-0.1, -0.05) is 34.8 Å². The number of halogens is 3. The van der Waals surface area contributed by atoms with E-state index in [9.17, 15) is 9.59 Å². The third kappa shape index (κ3) is 3.75. The molecule has 3 rings (SSSR count). The number of ether oxygens (including phenoxy) is 1. The smallest absolute Gasteiger partial charge is 0.344 e. The zero-order valence-electron chi connectivity index (χ0n) is 13.3. The molecular formula is C16H11Cl3N4O3. The summed E-state index contributed by atoms with van der Waals surface area (Å²) in [5.41, 5.74) is 1.17. The Hall–Kier alpha value is -2.35. The van der Waals surface area contributed by atoms with Crippen LogP contribution < -0.4 is 5.32 Å². The van der Waals surface area contributed by atoms with E-state index in [0.29, 0.717) is 16.4 Å². The summed E-state index contributed by atoms with van der Waals surface area (Å²) >= 11 is 17.8. The van der Waals surface area contributed by atoms with Crippen molar-refractivity contribution in [3.8, 4) is 0 Å². The van der Waals surface area contributed by atoms with Gasteiger partial charge in [0.15, 0.2) is 12.3 Å². The number of aryl methyl sites for hydroxylation is 1. The van der Waals surface area contributed by atoms with Crippen molar-refractivity contribution in [1.82, 2.24) is 14.6 Å². The first-order valence-corrected chi connectivity index (χ1v) is 8.41. The molecule has 0 bridgehead atoms. The van der Waals surface area contributed by atoms with Gasteiger partial charge < -0.3 is 10.1 Å². The van der Waals surface area contributed by atoms with Crippen molar-refractivity contribution in [3.05, 3.63) is 56.9 Å². The van der Waals surface area contributed by atoms with Gasteiger partial charge in [0, 0.05) is 17.4 Å². The molecule has 3 aromatic rings. The second kappa shape index (κ2) is 7.49. The van der Waals surface area contributed by atoms with Crippen LogP contribution in [0.1, 0.15) is 16.1 Å². The molecule has 0 saturated heterocycles. The monoisotopic (exact) mass is 412 g/mol. The van der Waals surface area contributed by atoms with E-state index in [1.807, 2.05) is 0 Å². The molecule has 0 unspecified atom stereocenters. The van der Waals surface area contributed by atoms with Gasteiger partial charge in [-0.15, -0.1) is 0 Å². The molecule has 0 saturated carbocycles. The van der Waals surface area contributed by atoms with Gasteiger partial charge in [0.25, 0.3) is 5.91 Å². The normalized spacial score (nSPS) is 10.8. The molecule has 0 aliphatic heterocycles. The minimum atomic E-state index is -0.709. The van der Waals surface area contributed by atoms with Crippen LogP contribution in [0.2, 0.25) is 15.1 Å². The van der Waals surface area contributed by atoms with E-state index >= 15 is 0 Å². The number of hydrogen-bond donors (Lipinski definition) is 1. The number of anilines is 1. The second-order valence-corrected chi connectivity index (χ2v) is 6.47. The summed E-state index contributed by atoms with van der Waals surface area (Å²) < 4.78 is 6.51. The van der Waals surface area contributed by atoms with Crippen molar-refractivity contribution < 1.29 is 14.3 Å². The SMILES string of the molecule is Cc1nn2cccnc2c1C(=O)OCC(=O)Nc1c(Cl)cc(Cl)cc1Cl. The van der Waals surface area contributed by atoms with Crippen molar-refractivity contribution in [2.24, 2.45) is 0 Å². The molecule has 2 aromatic heterocycles. The molecule has 0 aliphatic carbocycles. The highest BCUT2D eigenvalue weighted by atomic mass is 35.5.